The lowest BCUT2D eigenvalue weighted by Crippen LogP contribution is -2.41. The molecule has 158 valence electrons. The van der Waals surface area contributed by atoms with Gasteiger partial charge in [-0.2, -0.15) is 0 Å². The average Bonchev–Trinajstić information content (AvgIpc) is 3.27. The second-order valence-corrected chi connectivity index (χ2v) is 9.62. The molecule has 0 spiro atoms. The van der Waals surface area contributed by atoms with Crippen molar-refractivity contribution >= 4 is 45.3 Å². The van der Waals surface area contributed by atoms with E-state index in [1.807, 2.05) is 0 Å². The van der Waals surface area contributed by atoms with Crippen molar-refractivity contribution < 1.29 is 13.7 Å². The Morgan fingerprint density at radius 3 is 1.91 bits per heavy atom. The first-order valence-electron chi connectivity index (χ1n) is 11.1. The molecule has 0 aliphatic carbocycles. The van der Waals surface area contributed by atoms with Crippen LogP contribution in [0.25, 0.3) is 43.6 Å². The van der Waals surface area contributed by atoms with E-state index in [0.717, 1.165) is 38.5 Å². The highest BCUT2D eigenvalue weighted by Gasteiger charge is 2.54. The van der Waals surface area contributed by atoms with Crippen molar-refractivity contribution in [2.75, 3.05) is 0 Å². The summed E-state index contributed by atoms with van der Waals surface area (Å²) in [6.45, 7) is 8.29. The first-order valence-corrected chi connectivity index (χ1v) is 11.1. The summed E-state index contributed by atoms with van der Waals surface area (Å²) in [6, 6.07) is 27.5. The molecule has 5 aromatic rings. The van der Waals surface area contributed by atoms with Crippen molar-refractivity contribution in [2.24, 2.45) is 0 Å². The maximum absolute atomic E-state index is 6.64. The largest absolute Gasteiger partial charge is 0.533 e. The molecule has 0 radical (unpaired) electrons. The third kappa shape index (κ3) is 2.76. The normalized spacial score (nSPS) is 17.6. The zero-order valence-corrected chi connectivity index (χ0v) is 18.8. The lowest BCUT2D eigenvalue weighted by Gasteiger charge is -2.32. The van der Waals surface area contributed by atoms with Gasteiger partial charge in [-0.25, -0.2) is 0 Å². The van der Waals surface area contributed by atoms with Gasteiger partial charge < -0.3 is 13.7 Å². The fourth-order valence-electron chi connectivity index (χ4n) is 4.68. The molecule has 0 saturated carbocycles. The maximum Gasteiger partial charge on any atom is 0.533 e. The second kappa shape index (κ2) is 6.71. The molecule has 0 unspecified atom stereocenters. The average molecular weight is 420 g/mol. The standard InChI is InChI=1S/C28H25BO3/c1-27(2)28(3,4)32-29(31-27)26-24(22-15-9-12-18-10-5-7-13-20(18)22)23-17-16-19-11-6-8-14-21(19)25(23)30-26/h5-17H,1-4H3. The molecule has 0 amide bonds. The fraction of sp³-hybridized carbons (Fsp3) is 0.214. The topological polar surface area (TPSA) is 31.6 Å². The van der Waals surface area contributed by atoms with Gasteiger partial charge in [0.1, 0.15) is 11.2 Å². The molecule has 4 aromatic carbocycles. The third-order valence-electron chi connectivity index (χ3n) is 7.13. The van der Waals surface area contributed by atoms with E-state index < -0.39 is 18.3 Å². The minimum Gasteiger partial charge on any atom is -0.463 e. The summed E-state index contributed by atoms with van der Waals surface area (Å²) in [5.74, 6) is 0. The van der Waals surface area contributed by atoms with Crippen LogP contribution >= 0.6 is 0 Å². The van der Waals surface area contributed by atoms with Crippen molar-refractivity contribution in [3.63, 3.8) is 0 Å². The van der Waals surface area contributed by atoms with Crippen molar-refractivity contribution in [1.29, 1.82) is 0 Å². The summed E-state index contributed by atoms with van der Waals surface area (Å²) in [4.78, 5) is 0. The van der Waals surface area contributed by atoms with Crippen LogP contribution in [0.15, 0.2) is 83.3 Å². The second-order valence-electron chi connectivity index (χ2n) is 9.62. The van der Waals surface area contributed by atoms with Crippen LogP contribution in [0, 0.1) is 0 Å². The van der Waals surface area contributed by atoms with Crippen LogP contribution in [0.2, 0.25) is 0 Å². The molecule has 0 bridgehead atoms. The van der Waals surface area contributed by atoms with E-state index in [4.69, 9.17) is 13.7 Å². The quantitative estimate of drug-likeness (QED) is 0.298. The maximum atomic E-state index is 6.64. The van der Waals surface area contributed by atoms with Crippen molar-refractivity contribution in [1.82, 2.24) is 0 Å². The Morgan fingerprint density at radius 2 is 1.19 bits per heavy atom. The lowest BCUT2D eigenvalue weighted by molar-refractivity contribution is 0.00578. The molecule has 3 nitrogen and oxygen atoms in total. The zero-order chi connectivity index (χ0) is 22.1. The number of fused-ring (bicyclic) bond motifs is 4. The minimum absolute atomic E-state index is 0.450. The van der Waals surface area contributed by atoms with Gasteiger partial charge in [-0.1, -0.05) is 72.8 Å². The van der Waals surface area contributed by atoms with E-state index in [1.54, 1.807) is 0 Å². The van der Waals surface area contributed by atoms with Gasteiger partial charge in [0.05, 0.1) is 11.2 Å². The molecule has 0 N–H and O–H groups in total. The molecular formula is C28H25BO3. The minimum atomic E-state index is -0.583. The molecule has 32 heavy (non-hydrogen) atoms. The van der Waals surface area contributed by atoms with Crippen molar-refractivity contribution in [3.05, 3.63) is 78.9 Å². The summed E-state index contributed by atoms with van der Waals surface area (Å²) in [7, 11) is -0.583. The van der Waals surface area contributed by atoms with E-state index in [9.17, 15) is 0 Å². The van der Waals surface area contributed by atoms with Gasteiger partial charge in [0.2, 0.25) is 0 Å². The predicted octanol–water partition coefficient (Wildman–Crippen LogP) is 6.71. The molecule has 6 rings (SSSR count). The molecule has 1 fully saturated rings. The number of hydrogen-bond donors (Lipinski definition) is 0. The highest BCUT2D eigenvalue weighted by molar-refractivity contribution is 6.63. The Balaban J connectivity index is 1.70. The van der Waals surface area contributed by atoms with Crippen LogP contribution in [0.1, 0.15) is 27.7 Å². The van der Waals surface area contributed by atoms with Crippen LogP contribution < -0.4 is 5.66 Å². The lowest BCUT2D eigenvalue weighted by atomic mass is 9.79. The van der Waals surface area contributed by atoms with Crippen LogP contribution in [-0.2, 0) is 9.31 Å². The summed E-state index contributed by atoms with van der Waals surface area (Å²) in [5, 5.41) is 5.70. The smallest absolute Gasteiger partial charge is 0.463 e. The van der Waals surface area contributed by atoms with Crippen molar-refractivity contribution in [2.45, 2.75) is 38.9 Å². The van der Waals surface area contributed by atoms with Gasteiger partial charge in [-0.15, -0.1) is 0 Å². The number of rotatable bonds is 2. The molecule has 4 heteroatoms. The Labute approximate surface area is 188 Å². The Morgan fingerprint density at radius 1 is 0.594 bits per heavy atom. The van der Waals surface area contributed by atoms with Gasteiger partial charge in [0.15, 0.2) is 0 Å². The summed E-state index contributed by atoms with van der Waals surface area (Å²) in [6.07, 6.45) is 0. The number of furan rings is 1. The summed E-state index contributed by atoms with van der Waals surface area (Å²) >= 11 is 0. The first-order chi connectivity index (χ1) is 15.4. The Kier molecular flexibility index (Phi) is 4.11. The number of benzene rings is 4. The van der Waals surface area contributed by atoms with Gasteiger partial charge >= 0.3 is 7.12 Å². The van der Waals surface area contributed by atoms with Crippen molar-refractivity contribution in [3.8, 4) is 11.1 Å². The zero-order valence-electron chi connectivity index (χ0n) is 18.8. The first kappa shape index (κ1) is 19.6. The van der Waals surface area contributed by atoms with Crippen LogP contribution in [0.4, 0.5) is 0 Å². The van der Waals surface area contributed by atoms with Gasteiger partial charge in [0.25, 0.3) is 0 Å². The highest BCUT2D eigenvalue weighted by atomic mass is 16.7. The monoisotopic (exact) mass is 420 g/mol. The van der Waals surface area contributed by atoms with Gasteiger partial charge in [0, 0.05) is 16.3 Å². The molecule has 1 aliphatic rings. The van der Waals surface area contributed by atoms with E-state index in [1.165, 1.54) is 10.8 Å². The van der Waals surface area contributed by atoms with E-state index in [-0.39, 0.29) is 0 Å². The van der Waals surface area contributed by atoms with Gasteiger partial charge in [-0.3, -0.25) is 0 Å². The van der Waals surface area contributed by atoms with Crippen LogP contribution in [0.5, 0.6) is 0 Å². The van der Waals surface area contributed by atoms with Crippen LogP contribution in [0.3, 0.4) is 0 Å². The summed E-state index contributed by atoms with van der Waals surface area (Å²) in [5.41, 5.74) is 2.87. The molecule has 2 heterocycles. The van der Waals surface area contributed by atoms with E-state index in [0.29, 0.717) is 0 Å². The summed E-state index contributed by atoms with van der Waals surface area (Å²) < 4.78 is 19.5. The molecule has 1 aromatic heterocycles. The molecule has 1 saturated heterocycles. The van der Waals surface area contributed by atoms with Gasteiger partial charge in [-0.05, 0) is 55.5 Å². The fourth-order valence-corrected chi connectivity index (χ4v) is 4.68. The number of hydrogen-bond acceptors (Lipinski definition) is 3. The Hall–Kier alpha value is -3.08. The highest BCUT2D eigenvalue weighted by Crippen LogP contribution is 2.41. The SMILES string of the molecule is CC1(C)OB(c2oc3c(ccc4ccccc43)c2-c2cccc3ccccc23)OC1(C)C. The third-order valence-corrected chi connectivity index (χ3v) is 7.13. The molecule has 0 atom stereocenters. The van der Waals surface area contributed by atoms with E-state index in [2.05, 4.69) is 107 Å². The predicted molar refractivity (Wildman–Crippen MR) is 132 cm³/mol. The Bertz CT molecular complexity index is 1470. The molecule has 1 aliphatic heterocycles. The molecular weight excluding hydrogens is 395 g/mol. The van der Waals surface area contributed by atoms with E-state index >= 15 is 0 Å². The van der Waals surface area contributed by atoms with Crippen LogP contribution in [-0.4, -0.2) is 18.3 Å².